The molecular formula is C12H24N2O. The van der Waals surface area contributed by atoms with Gasteiger partial charge in [-0.2, -0.15) is 0 Å². The van der Waals surface area contributed by atoms with Crippen molar-refractivity contribution in [2.45, 2.75) is 46.1 Å². The summed E-state index contributed by atoms with van der Waals surface area (Å²) in [6.45, 7) is 9.22. The Morgan fingerprint density at radius 3 is 2.80 bits per heavy atom. The van der Waals surface area contributed by atoms with Crippen LogP contribution >= 0.6 is 0 Å². The standard InChI is InChI=1S/C12H24N2O/c1-4-13-7-5-12(15)14-8-6-10(2)9-11(14)3/h10-11,13H,4-9H2,1-3H3. The number of piperidine rings is 1. The third-order valence-corrected chi connectivity index (χ3v) is 3.22. The normalized spacial score (nSPS) is 26.7. The van der Waals surface area contributed by atoms with Crippen molar-refractivity contribution in [3.8, 4) is 0 Å². The summed E-state index contributed by atoms with van der Waals surface area (Å²) in [5.74, 6) is 1.09. The predicted octanol–water partition coefficient (Wildman–Crippen LogP) is 1.63. The highest BCUT2D eigenvalue weighted by Crippen LogP contribution is 2.22. The molecular weight excluding hydrogens is 188 g/mol. The lowest BCUT2D eigenvalue weighted by Crippen LogP contribution is -2.44. The van der Waals surface area contributed by atoms with Crippen molar-refractivity contribution in [2.75, 3.05) is 19.6 Å². The Balaban J connectivity index is 2.32. The third-order valence-electron chi connectivity index (χ3n) is 3.22. The summed E-state index contributed by atoms with van der Waals surface area (Å²) in [5, 5.41) is 3.19. The fourth-order valence-corrected chi connectivity index (χ4v) is 2.29. The maximum absolute atomic E-state index is 11.9. The highest BCUT2D eigenvalue weighted by molar-refractivity contribution is 5.76. The molecule has 0 spiro atoms. The zero-order chi connectivity index (χ0) is 11.3. The second-order valence-electron chi connectivity index (χ2n) is 4.67. The van der Waals surface area contributed by atoms with Crippen LogP contribution in [-0.4, -0.2) is 36.5 Å². The van der Waals surface area contributed by atoms with Gasteiger partial charge in [0.25, 0.3) is 0 Å². The molecule has 88 valence electrons. The van der Waals surface area contributed by atoms with Crippen LogP contribution in [0.5, 0.6) is 0 Å². The fourth-order valence-electron chi connectivity index (χ4n) is 2.29. The van der Waals surface area contributed by atoms with Gasteiger partial charge in [0.1, 0.15) is 0 Å². The second-order valence-corrected chi connectivity index (χ2v) is 4.67. The molecule has 2 unspecified atom stereocenters. The van der Waals surface area contributed by atoms with Gasteiger partial charge in [-0.15, -0.1) is 0 Å². The van der Waals surface area contributed by atoms with Gasteiger partial charge in [0.05, 0.1) is 0 Å². The number of hydrogen-bond donors (Lipinski definition) is 1. The third kappa shape index (κ3) is 3.82. The van der Waals surface area contributed by atoms with Crippen LogP contribution in [0.1, 0.15) is 40.0 Å². The van der Waals surface area contributed by atoms with E-state index in [1.807, 2.05) is 0 Å². The van der Waals surface area contributed by atoms with Crippen LogP contribution in [0.3, 0.4) is 0 Å². The molecule has 1 aliphatic rings. The molecule has 0 saturated carbocycles. The van der Waals surface area contributed by atoms with E-state index in [2.05, 4.69) is 31.0 Å². The zero-order valence-corrected chi connectivity index (χ0v) is 10.3. The lowest BCUT2D eigenvalue weighted by atomic mass is 9.93. The minimum Gasteiger partial charge on any atom is -0.340 e. The van der Waals surface area contributed by atoms with Crippen molar-refractivity contribution in [1.29, 1.82) is 0 Å². The SMILES string of the molecule is CCNCCC(=O)N1CCC(C)CC1C. The van der Waals surface area contributed by atoms with E-state index < -0.39 is 0 Å². The number of likely N-dealkylation sites (tertiary alicyclic amines) is 1. The summed E-state index contributed by atoms with van der Waals surface area (Å²) in [6, 6.07) is 0.433. The van der Waals surface area contributed by atoms with E-state index in [1.165, 1.54) is 0 Å². The van der Waals surface area contributed by atoms with E-state index in [1.54, 1.807) is 0 Å². The first-order valence-electron chi connectivity index (χ1n) is 6.15. The van der Waals surface area contributed by atoms with Gasteiger partial charge in [0, 0.05) is 25.6 Å². The van der Waals surface area contributed by atoms with Crippen LogP contribution in [-0.2, 0) is 4.79 Å². The van der Waals surface area contributed by atoms with Gasteiger partial charge in [-0.25, -0.2) is 0 Å². The quantitative estimate of drug-likeness (QED) is 0.718. The molecule has 1 aliphatic heterocycles. The van der Waals surface area contributed by atoms with Gasteiger partial charge in [-0.1, -0.05) is 13.8 Å². The van der Waals surface area contributed by atoms with Gasteiger partial charge in [0.2, 0.25) is 5.91 Å². The van der Waals surface area contributed by atoms with Gasteiger partial charge < -0.3 is 10.2 Å². The Morgan fingerprint density at radius 2 is 2.20 bits per heavy atom. The Hall–Kier alpha value is -0.570. The minimum atomic E-state index is 0.315. The van der Waals surface area contributed by atoms with E-state index in [0.29, 0.717) is 18.4 Å². The van der Waals surface area contributed by atoms with E-state index in [9.17, 15) is 4.79 Å². The van der Waals surface area contributed by atoms with Crippen molar-refractivity contribution in [3.05, 3.63) is 0 Å². The highest BCUT2D eigenvalue weighted by atomic mass is 16.2. The summed E-state index contributed by atoms with van der Waals surface area (Å²) in [4.78, 5) is 13.9. The van der Waals surface area contributed by atoms with Gasteiger partial charge >= 0.3 is 0 Å². The summed E-state index contributed by atoms with van der Waals surface area (Å²) in [7, 11) is 0. The van der Waals surface area contributed by atoms with Crippen LogP contribution in [0.4, 0.5) is 0 Å². The van der Waals surface area contributed by atoms with Crippen LogP contribution in [0.15, 0.2) is 0 Å². The number of hydrogen-bond acceptors (Lipinski definition) is 2. The summed E-state index contributed by atoms with van der Waals surface area (Å²) < 4.78 is 0. The average Bonchev–Trinajstić information content (AvgIpc) is 2.17. The number of nitrogens with one attached hydrogen (secondary N) is 1. The minimum absolute atomic E-state index is 0.315. The molecule has 1 fully saturated rings. The molecule has 1 N–H and O–H groups in total. The maximum atomic E-state index is 11.9. The molecule has 3 heteroatoms. The van der Waals surface area contributed by atoms with E-state index in [-0.39, 0.29) is 0 Å². The van der Waals surface area contributed by atoms with Crippen molar-refractivity contribution in [3.63, 3.8) is 0 Å². The molecule has 1 saturated heterocycles. The lowest BCUT2D eigenvalue weighted by molar-refractivity contribution is -0.134. The molecule has 15 heavy (non-hydrogen) atoms. The molecule has 0 aliphatic carbocycles. The maximum Gasteiger partial charge on any atom is 0.224 e. The number of rotatable bonds is 4. The number of amides is 1. The van der Waals surface area contributed by atoms with Crippen LogP contribution in [0.2, 0.25) is 0 Å². The smallest absolute Gasteiger partial charge is 0.224 e. The fraction of sp³-hybridized carbons (Fsp3) is 0.917. The van der Waals surface area contributed by atoms with Gasteiger partial charge in [-0.3, -0.25) is 4.79 Å². The molecule has 1 rings (SSSR count). The van der Waals surface area contributed by atoms with E-state index >= 15 is 0 Å². The van der Waals surface area contributed by atoms with E-state index in [4.69, 9.17) is 0 Å². The average molecular weight is 212 g/mol. The first kappa shape index (κ1) is 12.5. The molecule has 0 radical (unpaired) electrons. The Labute approximate surface area is 93.2 Å². The van der Waals surface area contributed by atoms with Gasteiger partial charge in [0.15, 0.2) is 0 Å². The van der Waals surface area contributed by atoms with Crippen molar-refractivity contribution < 1.29 is 4.79 Å². The Bertz CT molecular complexity index is 206. The van der Waals surface area contributed by atoms with Gasteiger partial charge in [-0.05, 0) is 32.2 Å². The lowest BCUT2D eigenvalue weighted by Gasteiger charge is -2.36. The van der Waals surface area contributed by atoms with Crippen molar-refractivity contribution in [2.24, 2.45) is 5.92 Å². The highest BCUT2D eigenvalue weighted by Gasteiger charge is 2.25. The molecule has 0 aromatic heterocycles. The first-order chi connectivity index (χ1) is 7.15. The Kier molecular flexibility index (Phi) is 5.09. The molecule has 0 aromatic carbocycles. The molecule has 0 aromatic rings. The molecule has 3 nitrogen and oxygen atoms in total. The van der Waals surface area contributed by atoms with Crippen LogP contribution < -0.4 is 5.32 Å². The zero-order valence-electron chi connectivity index (χ0n) is 10.3. The summed E-state index contributed by atoms with van der Waals surface area (Å²) >= 11 is 0. The largest absolute Gasteiger partial charge is 0.340 e. The number of nitrogens with zero attached hydrogens (tertiary/aromatic N) is 1. The van der Waals surface area contributed by atoms with Crippen LogP contribution in [0, 0.1) is 5.92 Å². The molecule has 1 heterocycles. The van der Waals surface area contributed by atoms with Crippen molar-refractivity contribution in [1.82, 2.24) is 10.2 Å². The molecule has 0 bridgehead atoms. The topological polar surface area (TPSA) is 32.3 Å². The number of carbonyl (C=O) groups is 1. The monoisotopic (exact) mass is 212 g/mol. The van der Waals surface area contributed by atoms with Crippen LogP contribution in [0.25, 0.3) is 0 Å². The Morgan fingerprint density at radius 1 is 1.47 bits per heavy atom. The van der Waals surface area contributed by atoms with Crippen molar-refractivity contribution >= 4 is 5.91 Å². The molecule has 2 atom stereocenters. The number of carbonyl (C=O) groups excluding carboxylic acids is 1. The summed E-state index contributed by atoms with van der Waals surface area (Å²) in [5.41, 5.74) is 0. The van der Waals surface area contributed by atoms with E-state index in [0.717, 1.165) is 38.4 Å². The summed E-state index contributed by atoms with van der Waals surface area (Å²) in [6.07, 6.45) is 2.97. The second kappa shape index (κ2) is 6.11. The first-order valence-corrected chi connectivity index (χ1v) is 6.15. The molecule has 1 amide bonds. The predicted molar refractivity (Wildman–Crippen MR) is 62.7 cm³/mol.